The Morgan fingerprint density at radius 2 is 1.19 bits per heavy atom. The Morgan fingerprint density at radius 3 is 1.62 bits per heavy atom. The molecule has 0 fully saturated rings. The van der Waals surface area contributed by atoms with E-state index in [0.29, 0.717) is 0 Å². The van der Waals surface area contributed by atoms with E-state index < -0.39 is 75.7 Å². The van der Waals surface area contributed by atoms with E-state index in [4.69, 9.17) is 31.2 Å². The molecule has 0 aliphatic rings. The fourth-order valence-electron chi connectivity index (χ4n) is 2.01. The third kappa shape index (κ3) is 9.33. The maximum absolute atomic E-state index is 11.6. The van der Waals surface area contributed by atoms with E-state index in [1.165, 1.54) is 0 Å². The van der Waals surface area contributed by atoms with Gasteiger partial charge in [0.15, 0.2) is 12.2 Å². The number of hydrogen-bond donors (Lipinski definition) is 0. The fourth-order valence-corrected chi connectivity index (χ4v) is 2.01. The number of hydrogen-bond acceptors (Lipinski definition) is 10. The summed E-state index contributed by atoms with van der Waals surface area (Å²) in [5.74, 6) is -2.81. The molecular weight excluding hydrogens is 352 g/mol. The topological polar surface area (TPSA) is 124 Å². The summed E-state index contributed by atoms with van der Waals surface area (Å²) in [5, 5.41) is 0. The van der Waals surface area contributed by atoms with Crippen LogP contribution >= 0.6 is 0 Å². The lowest BCUT2D eigenvalue weighted by atomic mass is 10.0. The van der Waals surface area contributed by atoms with Crippen LogP contribution in [0.5, 0.6) is 0 Å². The number of rotatable bonds is 11. The van der Waals surface area contributed by atoms with Crippen LogP contribution < -0.4 is 0 Å². The number of carbonyl (C=O) groups excluding carboxylic acids is 4. The van der Waals surface area contributed by atoms with Crippen LogP contribution in [0, 0.1) is 0 Å². The van der Waals surface area contributed by atoms with Crippen molar-refractivity contribution in [2.75, 3.05) is 27.4 Å². The predicted octanol–water partition coefficient (Wildman–Crippen LogP) is 0.00600. The van der Waals surface area contributed by atoms with Gasteiger partial charge >= 0.3 is 23.9 Å². The van der Waals surface area contributed by atoms with E-state index in [0.717, 1.165) is 27.7 Å². The van der Waals surface area contributed by atoms with Crippen molar-refractivity contribution < 1.29 is 50.3 Å². The van der Waals surface area contributed by atoms with Gasteiger partial charge in [0.05, 0.1) is 2.74 Å². The second-order valence-corrected chi connectivity index (χ2v) is 5.16. The van der Waals surface area contributed by atoms with Crippen LogP contribution in [-0.4, -0.2) is 75.7 Å². The molecule has 0 aromatic heterocycles. The SMILES string of the molecule is [2H]CO[C@@H]([C@@H](OC(C)=O)[C@@H](COC(C)=O)OC[2H])[C@H](COC(C)=O)OC(C)=O. The van der Waals surface area contributed by atoms with Gasteiger partial charge in [-0.15, -0.1) is 0 Å². The standard InChI is InChI=1S/C16H26O10/c1-9(17)23-7-13(21-5)16(26-12(4)20)15(22-6)14(25-11(3)19)8-24-10(2)18/h13-16H,7-8H2,1-6H3/t13-,14+,15-,16+/m1/s1/i5D,6D. The summed E-state index contributed by atoms with van der Waals surface area (Å²) < 4.78 is 45.1. The molecule has 10 nitrogen and oxygen atoms in total. The highest BCUT2D eigenvalue weighted by atomic mass is 16.6. The van der Waals surface area contributed by atoms with E-state index in [-0.39, 0.29) is 0 Å². The largest absolute Gasteiger partial charge is 0.463 e. The van der Waals surface area contributed by atoms with Gasteiger partial charge in [0.1, 0.15) is 25.4 Å². The number of carbonyl (C=O) groups is 4. The average molecular weight is 380 g/mol. The van der Waals surface area contributed by atoms with Gasteiger partial charge in [0.2, 0.25) is 0 Å². The van der Waals surface area contributed by atoms with Crippen molar-refractivity contribution in [3.05, 3.63) is 0 Å². The van der Waals surface area contributed by atoms with Crippen molar-refractivity contribution in [3.8, 4) is 0 Å². The van der Waals surface area contributed by atoms with Crippen molar-refractivity contribution in [1.82, 2.24) is 0 Å². The van der Waals surface area contributed by atoms with Gasteiger partial charge in [-0.1, -0.05) is 0 Å². The molecule has 0 heterocycles. The molecule has 26 heavy (non-hydrogen) atoms. The zero-order valence-corrected chi connectivity index (χ0v) is 15.2. The van der Waals surface area contributed by atoms with Gasteiger partial charge in [-0.25, -0.2) is 0 Å². The normalized spacial score (nSPS) is 16.2. The molecular formula is C16H26O10. The molecule has 0 aliphatic heterocycles. The van der Waals surface area contributed by atoms with E-state index in [2.05, 4.69) is 0 Å². The summed E-state index contributed by atoms with van der Waals surface area (Å²) in [6, 6.07) is 0. The molecule has 0 saturated heterocycles. The van der Waals surface area contributed by atoms with Crippen molar-refractivity contribution >= 4 is 23.9 Å². The quantitative estimate of drug-likeness (QED) is 0.357. The predicted molar refractivity (Wildman–Crippen MR) is 86.0 cm³/mol. The van der Waals surface area contributed by atoms with Crippen LogP contribution in [0.1, 0.15) is 30.4 Å². The highest BCUT2D eigenvalue weighted by Gasteiger charge is 2.40. The Labute approximate surface area is 154 Å². The van der Waals surface area contributed by atoms with Gasteiger partial charge in [0, 0.05) is 41.9 Å². The summed E-state index contributed by atoms with van der Waals surface area (Å²) in [7, 11) is -1.19. The molecule has 4 atom stereocenters. The molecule has 0 spiro atoms. The molecule has 150 valence electrons. The van der Waals surface area contributed by atoms with Crippen LogP contribution in [0.15, 0.2) is 0 Å². The first-order valence-corrected chi connectivity index (χ1v) is 7.55. The van der Waals surface area contributed by atoms with Crippen molar-refractivity contribution in [3.63, 3.8) is 0 Å². The molecule has 0 saturated carbocycles. The Morgan fingerprint density at radius 1 is 0.692 bits per heavy atom. The zero-order valence-electron chi connectivity index (χ0n) is 17.2. The first-order valence-electron chi connectivity index (χ1n) is 8.96. The Balaban J connectivity index is 5.84. The lowest BCUT2D eigenvalue weighted by molar-refractivity contribution is -0.196. The number of ether oxygens (including phenoxy) is 6. The third-order valence-corrected chi connectivity index (χ3v) is 2.98. The van der Waals surface area contributed by atoms with Gasteiger partial charge in [-0.3, -0.25) is 19.2 Å². The van der Waals surface area contributed by atoms with Crippen molar-refractivity contribution in [2.24, 2.45) is 0 Å². The summed E-state index contributed by atoms with van der Waals surface area (Å²) in [6.07, 6.45) is -5.08. The van der Waals surface area contributed by atoms with E-state index in [9.17, 15) is 19.2 Å². The van der Waals surface area contributed by atoms with E-state index in [1.807, 2.05) is 0 Å². The summed E-state index contributed by atoms with van der Waals surface area (Å²) in [5.41, 5.74) is 0. The van der Waals surface area contributed by atoms with Crippen LogP contribution in [-0.2, 0) is 47.6 Å². The third-order valence-electron chi connectivity index (χ3n) is 2.98. The maximum atomic E-state index is 11.6. The van der Waals surface area contributed by atoms with Crippen molar-refractivity contribution in [1.29, 1.82) is 0 Å². The maximum Gasteiger partial charge on any atom is 0.303 e. The summed E-state index contributed by atoms with van der Waals surface area (Å²) in [6.45, 7) is 3.65. The summed E-state index contributed by atoms with van der Waals surface area (Å²) in [4.78, 5) is 45.3. The van der Waals surface area contributed by atoms with Gasteiger partial charge in [-0.2, -0.15) is 0 Å². The van der Waals surface area contributed by atoms with Crippen LogP contribution in [0.25, 0.3) is 0 Å². The first-order chi connectivity index (χ1) is 13.1. The zero-order chi connectivity index (χ0) is 21.7. The molecule has 0 aromatic rings. The molecule has 10 heteroatoms. The minimum absolute atomic E-state index is 0.398. The Kier molecular flexibility index (Phi) is 9.44. The van der Waals surface area contributed by atoms with Crippen LogP contribution in [0.2, 0.25) is 0 Å². The Bertz CT molecular complexity index is 528. The molecule has 0 amide bonds. The number of methoxy groups -OCH3 is 2. The van der Waals surface area contributed by atoms with E-state index >= 15 is 0 Å². The summed E-state index contributed by atoms with van der Waals surface area (Å²) >= 11 is 0. The van der Waals surface area contributed by atoms with E-state index in [1.54, 1.807) is 0 Å². The lowest BCUT2D eigenvalue weighted by Crippen LogP contribution is -2.52. The number of esters is 4. The molecule has 0 aliphatic carbocycles. The van der Waals surface area contributed by atoms with Crippen molar-refractivity contribution in [2.45, 2.75) is 52.1 Å². The monoisotopic (exact) mass is 380 g/mol. The molecule has 0 bridgehead atoms. The minimum Gasteiger partial charge on any atom is -0.463 e. The van der Waals surface area contributed by atoms with Gasteiger partial charge in [-0.05, 0) is 0 Å². The highest BCUT2D eigenvalue weighted by Crippen LogP contribution is 2.19. The second kappa shape index (κ2) is 12.2. The van der Waals surface area contributed by atoms with Gasteiger partial charge in [0.25, 0.3) is 0 Å². The molecule has 0 aromatic carbocycles. The Hall–Kier alpha value is -2.20. The fraction of sp³-hybridized carbons (Fsp3) is 0.750. The average Bonchev–Trinajstić information content (AvgIpc) is 2.58. The smallest absolute Gasteiger partial charge is 0.303 e. The highest BCUT2D eigenvalue weighted by molar-refractivity contribution is 5.67. The van der Waals surface area contributed by atoms with Crippen LogP contribution in [0.4, 0.5) is 0 Å². The second-order valence-electron chi connectivity index (χ2n) is 5.16. The first kappa shape index (κ1) is 20.1. The van der Waals surface area contributed by atoms with Crippen LogP contribution in [0.3, 0.4) is 0 Å². The molecule has 0 N–H and O–H groups in total. The lowest BCUT2D eigenvalue weighted by Gasteiger charge is -2.34. The molecule has 0 radical (unpaired) electrons. The minimum atomic E-state index is -1.34. The molecule has 0 rings (SSSR count). The molecule has 0 unspecified atom stereocenters. The van der Waals surface area contributed by atoms with Gasteiger partial charge < -0.3 is 28.4 Å².